The zero-order valence-corrected chi connectivity index (χ0v) is 12.6. The Bertz CT molecular complexity index is 769. The zero-order chi connectivity index (χ0) is 15.4. The van der Waals surface area contributed by atoms with E-state index in [1.165, 1.54) is 4.80 Å². The summed E-state index contributed by atoms with van der Waals surface area (Å²) in [6, 6.07) is 9.04. The van der Waals surface area contributed by atoms with Crippen LogP contribution in [0, 0.1) is 0 Å². The average Bonchev–Trinajstić information content (AvgIpc) is 3.18. The molecule has 0 fully saturated rings. The minimum Gasteiger partial charge on any atom is -0.497 e. The molecule has 2 heterocycles. The van der Waals surface area contributed by atoms with Gasteiger partial charge in [-0.05, 0) is 28.8 Å². The second-order valence-corrected chi connectivity index (χ2v) is 5.22. The van der Waals surface area contributed by atoms with Crippen molar-refractivity contribution >= 4 is 22.9 Å². The number of amides is 1. The Morgan fingerprint density at radius 3 is 3.09 bits per heavy atom. The van der Waals surface area contributed by atoms with Crippen molar-refractivity contribution in [3.63, 3.8) is 0 Å². The molecule has 0 aliphatic carbocycles. The maximum atomic E-state index is 12.0. The highest BCUT2D eigenvalue weighted by atomic mass is 32.1. The predicted molar refractivity (Wildman–Crippen MR) is 82.8 cm³/mol. The fourth-order valence-corrected chi connectivity index (χ4v) is 2.48. The van der Waals surface area contributed by atoms with Gasteiger partial charge in [-0.15, -0.1) is 10.2 Å². The van der Waals surface area contributed by atoms with Crippen LogP contribution >= 0.6 is 11.3 Å². The van der Waals surface area contributed by atoms with E-state index in [4.69, 9.17) is 4.74 Å². The number of thiophene rings is 1. The predicted octanol–water partition coefficient (Wildman–Crippen LogP) is 2.05. The van der Waals surface area contributed by atoms with Gasteiger partial charge in [0.1, 0.15) is 12.3 Å². The summed E-state index contributed by atoms with van der Waals surface area (Å²) in [7, 11) is 1.58. The first-order valence-corrected chi connectivity index (χ1v) is 7.43. The molecule has 0 aliphatic heterocycles. The van der Waals surface area contributed by atoms with Crippen LogP contribution in [0.5, 0.6) is 5.75 Å². The molecule has 1 N–H and O–H groups in total. The van der Waals surface area contributed by atoms with Crippen LogP contribution in [0.25, 0.3) is 11.4 Å². The summed E-state index contributed by atoms with van der Waals surface area (Å²) in [6.45, 7) is -0.00561. The minimum atomic E-state index is -0.234. The summed E-state index contributed by atoms with van der Waals surface area (Å²) in [5.74, 6) is 0.953. The molecular weight excluding hydrogens is 302 g/mol. The number of carbonyl (C=O) groups is 1. The number of benzene rings is 1. The third kappa shape index (κ3) is 3.29. The summed E-state index contributed by atoms with van der Waals surface area (Å²) >= 11 is 1.55. The Labute approximate surface area is 130 Å². The molecule has 1 amide bonds. The molecule has 0 unspecified atom stereocenters. The fraction of sp³-hybridized carbons (Fsp3) is 0.143. The fourth-order valence-electron chi connectivity index (χ4n) is 1.85. The van der Waals surface area contributed by atoms with Gasteiger partial charge in [0.2, 0.25) is 11.7 Å². The molecule has 0 radical (unpaired) electrons. The molecule has 1 aromatic carbocycles. The highest BCUT2D eigenvalue weighted by Crippen LogP contribution is 2.17. The maximum absolute atomic E-state index is 12.0. The van der Waals surface area contributed by atoms with Gasteiger partial charge in [-0.1, -0.05) is 6.07 Å². The summed E-state index contributed by atoms with van der Waals surface area (Å²) in [5, 5.41) is 18.6. The van der Waals surface area contributed by atoms with Crippen LogP contribution < -0.4 is 10.1 Å². The maximum Gasteiger partial charge on any atom is 0.248 e. The van der Waals surface area contributed by atoms with E-state index in [0.29, 0.717) is 17.3 Å². The van der Waals surface area contributed by atoms with E-state index in [1.54, 1.807) is 36.6 Å². The molecule has 22 heavy (non-hydrogen) atoms. The number of methoxy groups -OCH3 is 1. The standard InChI is InChI=1S/C14H13N5O2S/c1-21-12-4-2-3-11(7-12)15-13(20)8-19-17-14(16-18-19)10-5-6-22-9-10/h2-7,9H,8H2,1H3,(H,15,20). The Hall–Kier alpha value is -2.74. The average molecular weight is 315 g/mol. The second kappa shape index (κ2) is 6.35. The lowest BCUT2D eigenvalue weighted by Gasteiger charge is -2.06. The number of tetrazole rings is 1. The van der Waals surface area contributed by atoms with E-state index in [1.807, 2.05) is 22.9 Å². The van der Waals surface area contributed by atoms with Crippen LogP contribution in [-0.2, 0) is 11.3 Å². The van der Waals surface area contributed by atoms with Gasteiger partial charge in [-0.3, -0.25) is 4.79 Å². The van der Waals surface area contributed by atoms with Crippen LogP contribution in [0.3, 0.4) is 0 Å². The van der Waals surface area contributed by atoms with Gasteiger partial charge in [0.15, 0.2) is 0 Å². The molecule has 3 rings (SSSR count). The molecule has 0 aliphatic rings. The van der Waals surface area contributed by atoms with Gasteiger partial charge >= 0.3 is 0 Å². The number of nitrogens with zero attached hydrogens (tertiary/aromatic N) is 4. The number of anilines is 1. The number of hydrogen-bond donors (Lipinski definition) is 1. The van der Waals surface area contributed by atoms with Gasteiger partial charge in [-0.25, -0.2) is 0 Å². The first-order chi connectivity index (χ1) is 10.7. The van der Waals surface area contributed by atoms with E-state index in [9.17, 15) is 4.79 Å². The van der Waals surface area contributed by atoms with Crippen molar-refractivity contribution in [1.29, 1.82) is 0 Å². The molecule has 0 spiro atoms. The van der Waals surface area contributed by atoms with Crippen molar-refractivity contribution in [2.24, 2.45) is 0 Å². The van der Waals surface area contributed by atoms with Crippen molar-refractivity contribution in [1.82, 2.24) is 20.2 Å². The van der Waals surface area contributed by atoms with Crippen LogP contribution in [0.15, 0.2) is 41.1 Å². The molecule has 3 aromatic rings. The molecule has 0 saturated carbocycles. The van der Waals surface area contributed by atoms with Crippen molar-refractivity contribution in [2.45, 2.75) is 6.54 Å². The summed E-state index contributed by atoms with van der Waals surface area (Å²) < 4.78 is 5.11. The Kier molecular flexibility index (Phi) is 4.10. The quantitative estimate of drug-likeness (QED) is 0.779. The van der Waals surface area contributed by atoms with Crippen LogP contribution in [0.4, 0.5) is 5.69 Å². The van der Waals surface area contributed by atoms with E-state index >= 15 is 0 Å². The topological polar surface area (TPSA) is 81.9 Å². The lowest BCUT2D eigenvalue weighted by atomic mass is 10.3. The van der Waals surface area contributed by atoms with E-state index in [0.717, 1.165) is 5.56 Å². The van der Waals surface area contributed by atoms with Crippen LogP contribution in [0.2, 0.25) is 0 Å². The lowest BCUT2D eigenvalue weighted by Crippen LogP contribution is -2.20. The number of rotatable bonds is 5. The summed E-state index contributed by atoms with van der Waals surface area (Å²) in [5.41, 5.74) is 1.55. The molecule has 112 valence electrons. The monoisotopic (exact) mass is 315 g/mol. The molecule has 0 atom stereocenters. The van der Waals surface area contributed by atoms with Crippen LogP contribution in [-0.4, -0.2) is 33.2 Å². The zero-order valence-electron chi connectivity index (χ0n) is 11.8. The molecule has 0 saturated heterocycles. The molecule has 8 heteroatoms. The van der Waals surface area contributed by atoms with Gasteiger partial charge in [0.05, 0.1) is 7.11 Å². The second-order valence-electron chi connectivity index (χ2n) is 4.44. The molecule has 2 aromatic heterocycles. The van der Waals surface area contributed by atoms with Gasteiger partial charge in [0, 0.05) is 22.7 Å². The first-order valence-electron chi connectivity index (χ1n) is 6.49. The van der Waals surface area contributed by atoms with E-state index in [2.05, 4.69) is 20.7 Å². The SMILES string of the molecule is COc1cccc(NC(=O)Cn2nnc(-c3ccsc3)n2)c1. The summed E-state index contributed by atoms with van der Waals surface area (Å²) in [6.07, 6.45) is 0. The molecular formula is C14H13N5O2S. The van der Waals surface area contributed by atoms with Crippen molar-refractivity contribution in [3.05, 3.63) is 41.1 Å². The van der Waals surface area contributed by atoms with Gasteiger partial charge < -0.3 is 10.1 Å². The lowest BCUT2D eigenvalue weighted by molar-refractivity contribution is -0.117. The Morgan fingerprint density at radius 1 is 1.41 bits per heavy atom. The Balaban J connectivity index is 1.64. The normalized spacial score (nSPS) is 10.4. The Morgan fingerprint density at radius 2 is 2.32 bits per heavy atom. The molecule has 7 nitrogen and oxygen atoms in total. The number of nitrogens with one attached hydrogen (secondary N) is 1. The largest absolute Gasteiger partial charge is 0.497 e. The number of ether oxygens (including phenoxy) is 1. The van der Waals surface area contributed by atoms with Gasteiger partial charge in [0.25, 0.3) is 0 Å². The number of aromatic nitrogens is 4. The third-order valence-electron chi connectivity index (χ3n) is 2.87. The summed E-state index contributed by atoms with van der Waals surface area (Å²) in [4.78, 5) is 13.3. The van der Waals surface area contributed by atoms with E-state index in [-0.39, 0.29) is 12.5 Å². The van der Waals surface area contributed by atoms with Crippen molar-refractivity contribution < 1.29 is 9.53 Å². The van der Waals surface area contributed by atoms with Crippen LogP contribution in [0.1, 0.15) is 0 Å². The number of carbonyl (C=O) groups excluding carboxylic acids is 1. The minimum absolute atomic E-state index is 0.00561. The first kappa shape index (κ1) is 14.2. The van der Waals surface area contributed by atoms with Crippen molar-refractivity contribution in [2.75, 3.05) is 12.4 Å². The highest BCUT2D eigenvalue weighted by molar-refractivity contribution is 7.08. The highest BCUT2D eigenvalue weighted by Gasteiger charge is 2.10. The van der Waals surface area contributed by atoms with E-state index < -0.39 is 0 Å². The number of hydrogen-bond acceptors (Lipinski definition) is 6. The van der Waals surface area contributed by atoms with Gasteiger partial charge in [-0.2, -0.15) is 16.1 Å². The van der Waals surface area contributed by atoms with Crippen molar-refractivity contribution in [3.8, 4) is 17.1 Å². The molecule has 0 bridgehead atoms. The smallest absolute Gasteiger partial charge is 0.248 e. The third-order valence-corrected chi connectivity index (χ3v) is 3.55.